The molecule has 0 aliphatic rings. The monoisotopic (exact) mass is 256 g/mol. The van der Waals surface area contributed by atoms with Crippen molar-refractivity contribution in [2.75, 3.05) is 13.7 Å². The van der Waals surface area contributed by atoms with Crippen LogP contribution in [0.1, 0.15) is 5.56 Å². The predicted molar refractivity (Wildman–Crippen MR) is 64.0 cm³/mol. The lowest BCUT2D eigenvalue weighted by Crippen LogP contribution is -2.36. The molecule has 0 bridgehead atoms. The molecule has 0 aromatic heterocycles. The van der Waals surface area contributed by atoms with Gasteiger partial charge in [-0.1, -0.05) is 12.1 Å². The summed E-state index contributed by atoms with van der Waals surface area (Å²) in [6.07, 6.45) is 0.939. The van der Waals surface area contributed by atoms with Gasteiger partial charge < -0.3 is 20.3 Å². The number of hydrogen-bond acceptors (Lipinski definition) is 6. The van der Waals surface area contributed by atoms with Gasteiger partial charge in [0.15, 0.2) is 6.61 Å². The van der Waals surface area contributed by atoms with Gasteiger partial charge in [-0.2, -0.15) is 0 Å². The first-order chi connectivity index (χ1) is 8.63. The lowest BCUT2D eigenvalue weighted by molar-refractivity contribution is -0.253. The molecule has 7 heteroatoms. The van der Waals surface area contributed by atoms with Gasteiger partial charge in [-0.05, 0) is 17.7 Å². The minimum absolute atomic E-state index is 0.0970. The number of nitrogens with two attached hydrogens (primary N) is 1. The van der Waals surface area contributed by atoms with Crippen molar-refractivity contribution in [3.8, 4) is 5.75 Å². The summed E-state index contributed by atoms with van der Waals surface area (Å²) in [5.41, 5.74) is 5.87. The maximum absolute atomic E-state index is 9.74. The van der Waals surface area contributed by atoms with E-state index in [2.05, 4.69) is 9.88 Å². The third-order valence-electron chi connectivity index (χ3n) is 2.18. The molecular weight excluding hydrogens is 240 g/mol. The van der Waals surface area contributed by atoms with Crippen molar-refractivity contribution in [1.82, 2.24) is 0 Å². The number of hydrogen-bond donors (Lipinski definition) is 3. The summed E-state index contributed by atoms with van der Waals surface area (Å²) in [5.74, 6) is -1.29. The first kappa shape index (κ1) is 14.4. The zero-order valence-electron chi connectivity index (χ0n) is 9.94. The van der Waals surface area contributed by atoms with Gasteiger partial charge >= 0.3 is 5.91 Å². The van der Waals surface area contributed by atoms with E-state index in [1.807, 2.05) is 0 Å². The topological polar surface area (TPSA) is 107 Å². The highest BCUT2D eigenvalue weighted by atomic mass is 17.1. The number of benzene rings is 1. The summed E-state index contributed by atoms with van der Waals surface area (Å²) in [4.78, 5) is 7.54. The SMILES string of the molecule is COC(O)(COc1ccc(COO)cc1)N=CN. The van der Waals surface area contributed by atoms with Crippen LogP contribution in [0.15, 0.2) is 29.3 Å². The van der Waals surface area contributed by atoms with Crippen molar-refractivity contribution in [3.05, 3.63) is 29.8 Å². The van der Waals surface area contributed by atoms with Crippen molar-refractivity contribution >= 4 is 6.34 Å². The van der Waals surface area contributed by atoms with E-state index in [0.717, 1.165) is 11.9 Å². The maximum Gasteiger partial charge on any atom is 0.303 e. The fraction of sp³-hybridized carbons (Fsp3) is 0.364. The Labute approximate surface area is 104 Å². The first-order valence-corrected chi connectivity index (χ1v) is 5.14. The normalized spacial score (nSPS) is 14.6. The van der Waals surface area contributed by atoms with Gasteiger partial charge in [0.2, 0.25) is 0 Å². The number of ether oxygens (including phenoxy) is 2. The number of nitrogens with zero attached hydrogens (tertiary/aromatic N) is 1. The van der Waals surface area contributed by atoms with Gasteiger partial charge in [0.05, 0.1) is 6.34 Å². The van der Waals surface area contributed by atoms with E-state index in [1.165, 1.54) is 7.11 Å². The molecule has 1 atom stereocenters. The van der Waals surface area contributed by atoms with Gasteiger partial charge in [0.25, 0.3) is 0 Å². The Hall–Kier alpha value is -1.67. The van der Waals surface area contributed by atoms with Crippen molar-refractivity contribution < 1.29 is 24.7 Å². The Bertz CT molecular complexity index is 382. The lowest BCUT2D eigenvalue weighted by Gasteiger charge is -2.21. The highest BCUT2D eigenvalue weighted by Gasteiger charge is 2.25. The number of aliphatic hydroxyl groups is 1. The van der Waals surface area contributed by atoms with E-state index < -0.39 is 5.91 Å². The molecule has 0 radical (unpaired) electrons. The second kappa shape index (κ2) is 6.92. The average molecular weight is 256 g/mol. The first-order valence-electron chi connectivity index (χ1n) is 5.14. The molecular formula is C11H16N2O5. The van der Waals surface area contributed by atoms with Crippen molar-refractivity contribution in [1.29, 1.82) is 0 Å². The molecule has 100 valence electrons. The van der Waals surface area contributed by atoms with Crippen LogP contribution in [-0.2, 0) is 16.2 Å². The summed E-state index contributed by atoms with van der Waals surface area (Å²) in [5, 5.41) is 18.0. The number of aliphatic imine (C=N–C) groups is 1. The standard InChI is InChI=1S/C11H16N2O5/c1-16-11(14,13-8-12)7-17-10-4-2-9(3-5-10)6-18-15/h2-5,8,14-15H,6-7H2,1H3,(H2,12,13). The Morgan fingerprint density at radius 1 is 1.39 bits per heavy atom. The second-order valence-electron chi connectivity index (χ2n) is 3.43. The molecule has 7 nitrogen and oxygen atoms in total. The summed E-state index contributed by atoms with van der Waals surface area (Å²) in [7, 11) is 1.29. The molecule has 1 aromatic carbocycles. The molecule has 1 unspecified atom stereocenters. The highest BCUT2D eigenvalue weighted by Crippen LogP contribution is 2.15. The summed E-state index contributed by atoms with van der Waals surface area (Å²) >= 11 is 0. The Morgan fingerprint density at radius 2 is 2.06 bits per heavy atom. The smallest absolute Gasteiger partial charge is 0.303 e. The van der Waals surface area contributed by atoms with Gasteiger partial charge in [-0.15, -0.1) is 0 Å². The van der Waals surface area contributed by atoms with Gasteiger partial charge in [0, 0.05) is 7.11 Å². The Kier molecular flexibility index (Phi) is 5.53. The van der Waals surface area contributed by atoms with E-state index in [-0.39, 0.29) is 13.2 Å². The van der Waals surface area contributed by atoms with Crippen LogP contribution in [0.3, 0.4) is 0 Å². The van der Waals surface area contributed by atoms with Gasteiger partial charge in [-0.25, -0.2) is 9.88 Å². The van der Waals surface area contributed by atoms with Crippen LogP contribution >= 0.6 is 0 Å². The average Bonchev–Trinajstić information content (AvgIpc) is 2.39. The molecule has 1 rings (SSSR count). The van der Waals surface area contributed by atoms with Crippen LogP contribution in [0, 0.1) is 0 Å². The van der Waals surface area contributed by atoms with E-state index in [1.54, 1.807) is 24.3 Å². The van der Waals surface area contributed by atoms with Crippen LogP contribution in [0.25, 0.3) is 0 Å². The Morgan fingerprint density at radius 3 is 2.56 bits per heavy atom. The van der Waals surface area contributed by atoms with E-state index >= 15 is 0 Å². The third kappa shape index (κ3) is 4.30. The third-order valence-corrected chi connectivity index (χ3v) is 2.18. The zero-order chi connectivity index (χ0) is 13.4. The maximum atomic E-state index is 9.74. The Balaban J connectivity index is 2.57. The van der Waals surface area contributed by atoms with Crippen LogP contribution in [-0.4, -0.2) is 36.3 Å². The van der Waals surface area contributed by atoms with Gasteiger partial charge in [-0.3, -0.25) is 5.26 Å². The molecule has 0 saturated heterocycles. The molecule has 0 spiro atoms. The fourth-order valence-corrected chi connectivity index (χ4v) is 1.20. The molecule has 0 fully saturated rings. The lowest BCUT2D eigenvalue weighted by atomic mass is 10.2. The van der Waals surface area contributed by atoms with E-state index in [9.17, 15) is 5.11 Å². The predicted octanol–water partition coefficient (Wildman–Crippen LogP) is 0.335. The zero-order valence-corrected chi connectivity index (χ0v) is 9.94. The van der Waals surface area contributed by atoms with Crippen LogP contribution in [0.4, 0.5) is 0 Å². The minimum Gasteiger partial charge on any atom is -0.486 e. The molecule has 0 heterocycles. The van der Waals surface area contributed by atoms with Crippen LogP contribution < -0.4 is 10.5 Å². The molecule has 0 aliphatic heterocycles. The minimum atomic E-state index is -1.80. The largest absolute Gasteiger partial charge is 0.486 e. The molecule has 4 N–H and O–H groups in total. The highest BCUT2D eigenvalue weighted by molar-refractivity contribution is 5.51. The van der Waals surface area contributed by atoms with Crippen molar-refractivity contribution in [3.63, 3.8) is 0 Å². The fourth-order valence-electron chi connectivity index (χ4n) is 1.20. The molecule has 18 heavy (non-hydrogen) atoms. The van der Waals surface area contributed by atoms with E-state index in [4.69, 9.17) is 20.5 Å². The molecule has 0 amide bonds. The van der Waals surface area contributed by atoms with Crippen LogP contribution in [0.2, 0.25) is 0 Å². The van der Waals surface area contributed by atoms with Crippen molar-refractivity contribution in [2.45, 2.75) is 12.5 Å². The summed E-state index contributed by atoms with van der Waals surface area (Å²) in [6, 6.07) is 6.75. The summed E-state index contributed by atoms with van der Waals surface area (Å²) < 4.78 is 10.1. The number of rotatable bonds is 7. The van der Waals surface area contributed by atoms with Crippen molar-refractivity contribution in [2.24, 2.45) is 10.7 Å². The second-order valence-corrected chi connectivity index (χ2v) is 3.43. The molecule has 0 saturated carbocycles. The molecule has 1 aromatic rings. The van der Waals surface area contributed by atoms with E-state index in [0.29, 0.717) is 5.75 Å². The van der Waals surface area contributed by atoms with Gasteiger partial charge in [0.1, 0.15) is 12.4 Å². The summed E-state index contributed by atoms with van der Waals surface area (Å²) in [6.45, 7) is -0.104. The number of methoxy groups -OCH3 is 1. The molecule has 0 aliphatic carbocycles. The van der Waals surface area contributed by atoms with Crippen LogP contribution in [0.5, 0.6) is 5.75 Å². The quantitative estimate of drug-likeness (QED) is 0.213.